The molecule has 2 heterocycles. The lowest BCUT2D eigenvalue weighted by Gasteiger charge is -2.12. The molecule has 0 atom stereocenters. The van der Waals surface area contributed by atoms with E-state index in [1.54, 1.807) is 13.2 Å². The molecule has 3 aromatic rings. The van der Waals surface area contributed by atoms with Gasteiger partial charge in [-0.1, -0.05) is 30.3 Å². The van der Waals surface area contributed by atoms with Crippen molar-refractivity contribution in [3.63, 3.8) is 0 Å². The number of fused-ring (bicyclic) bond motifs is 1. The van der Waals surface area contributed by atoms with Crippen LogP contribution in [0.5, 0.6) is 0 Å². The van der Waals surface area contributed by atoms with Gasteiger partial charge in [0.15, 0.2) is 5.96 Å². The zero-order chi connectivity index (χ0) is 15.9. The maximum Gasteiger partial charge on any atom is 0.191 e. The minimum atomic E-state index is 0. The minimum absolute atomic E-state index is 0. The van der Waals surface area contributed by atoms with E-state index in [1.165, 1.54) is 5.39 Å². The number of guanidine groups is 1. The fourth-order valence-electron chi connectivity index (χ4n) is 2.39. The molecule has 0 aliphatic rings. The quantitative estimate of drug-likeness (QED) is 0.377. The predicted octanol–water partition coefficient (Wildman–Crippen LogP) is 3.11. The van der Waals surface area contributed by atoms with Crippen LogP contribution in [0.2, 0.25) is 0 Å². The number of benzene rings is 1. The van der Waals surface area contributed by atoms with Gasteiger partial charge in [-0.25, -0.2) is 0 Å². The first-order chi connectivity index (χ1) is 11.4. The third-order valence-electron chi connectivity index (χ3n) is 3.57. The molecular formula is C18H20IN5. The highest BCUT2D eigenvalue weighted by atomic mass is 127. The van der Waals surface area contributed by atoms with Crippen LogP contribution in [0.25, 0.3) is 10.8 Å². The van der Waals surface area contributed by atoms with Crippen molar-refractivity contribution in [3.8, 4) is 0 Å². The van der Waals surface area contributed by atoms with Gasteiger partial charge in [-0.2, -0.15) is 0 Å². The molecular weight excluding hydrogens is 413 g/mol. The smallest absolute Gasteiger partial charge is 0.191 e. The normalized spacial score (nSPS) is 11.0. The lowest BCUT2D eigenvalue weighted by molar-refractivity contribution is 0.786. The van der Waals surface area contributed by atoms with Crippen molar-refractivity contribution in [2.24, 2.45) is 4.99 Å². The second-order valence-corrected chi connectivity index (χ2v) is 5.08. The number of halogens is 1. The molecule has 0 unspecified atom stereocenters. The second kappa shape index (κ2) is 9.17. The average Bonchev–Trinajstić information content (AvgIpc) is 2.63. The molecule has 0 spiro atoms. The van der Waals surface area contributed by atoms with E-state index in [0.29, 0.717) is 13.1 Å². The number of hydrogen-bond donors (Lipinski definition) is 2. The van der Waals surface area contributed by atoms with Crippen LogP contribution < -0.4 is 10.6 Å². The number of pyridine rings is 2. The maximum atomic E-state index is 4.47. The number of hydrogen-bond acceptors (Lipinski definition) is 3. The van der Waals surface area contributed by atoms with Crippen LogP contribution >= 0.6 is 24.0 Å². The predicted molar refractivity (Wildman–Crippen MR) is 108 cm³/mol. The van der Waals surface area contributed by atoms with Gasteiger partial charge >= 0.3 is 0 Å². The summed E-state index contributed by atoms with van der Waals surface area (Å²) in [5, 5.41) is 8.90. The number of aliphatic imine (C=N–C) groups is 1. The van der Waals surface area contributed by atoms with Gasteiger partial charge in [0.2, 0.25) is 0 Å². The summed E-state index contributed by atoms with van der Waals surface area (Å²) < 4.78 is 0. The Labute approximate surface area is 158 Å². The molecule has 0 saturated heterocycles. The largest absolute Gasteiger partial charge is 0.351 e. The topological polar surface area (TPSA) is 62.2 Å². The summed E-state index contributed by atoms with van der Waals surface area (Å²) in [7, 11) is 1.75. The number of nitrogens with one attached hydrogen (secondary N) is 2. The fourth-order valence-corrected chi connectivity index (χ4v) is 2.39. The van der Waals surface area contributed by atoms with Gasteiger partial charge in [0.1, 0.15) is 0 Å². The van der Waals surface area contributed by atoms with E-state index < -0.39 is 0 Å². The molecule has 2 N–H and O–H groups in total. The van der Waals surface area contributed by atoms with Gasteiger partial charge in [0, 0.05) is 24.8 Å². The Morgan fingerprint density at radius 1 is 0.917 bits per heavy atom. The summed E-state index contributed by atoms with van der Waals surface area (Å²) in [6.07, 6.45) is 3.62. The highest BCUT2D eigenvalue weighted by Crippen LogP contribution is 2.15. The van der Waals surface area contributed by atoms with Crippen molar-refractivity contribution in [2.75, 3.05) is 7.05 Å². The number of nitrogens with zero attached hydrogens (tertiary/aromatic N) is 3. The summed E-state index contributed by atoms with van der Waals surface area (Å²) in [4.78, 5) is 13.0. The van der Waals surface area contributed by atoms with Crippen molar-refractivity contribution in [1.82, 2.24) is 20.6 Å². The lowest BCUT2D eigenvalue weighted by atomic mass is 10.1. The first kappa shape index (κ1) is 18.1. The fraction of sp³-hybridized carbons (Fsp3) is 0.167. The molecule has 0 radical (unpaired) electrons. The summed E-state index contributed by atoms with van der Waals surface area (Å²) in [6, 6.07) is 16.1. The van der Waals surface area contributed by atoms with Crippen molar-refractivity contribution in [3.05, 3.63) is 72.3 Å². The van der Waals surface area contributed by atoms with Crippen LogP contribution in [-0.2, 0) is 13.1 Å². The Morgan fingerprint density at radius 2 is 1.71 bits per heavy atom. The second-order valence-electron chi connectivity index (χ2n) is 5.08. The SMILES string of the molecule is CN=C(NCc1ccccn1)NCc1nccc2ccccc12.I. The van der Waals surface area contributed by atoms with Crippen LogP contribution in [0, 0.1) is 0 Å². The first-order valence-corrected chi connectivity index (χ1v) is 7.54. The number of aromatic nitrogens is 2. The maximum absolute atomic E-state index is 4.47. The van der Waals surface area contributed by atoms with Crippen LogP contribution in [0.4, 0.5) is 0 Å². The van der Waals surface area contributed by atoms with Crippen LogP contribution in [-0.4, -0.2) is 23.0 Å². The molecule has 6 heteroatoms. The Balaban J connectivity index is 0.00000208. The van der Waals surface area contributed by atoms with Gasteiger partial charge in [0.25, 0.3) is 0 Å². The average molecular weight is 433 g/mol. The molecule has 0 bridgehead atoms. The third-order valence-corrected chi connectivity index (χ3v) is 3.57. The molecule has 5 nitrogen and oxygen atoms in total. The molecule has 24 heavy (non-hydrogen) atoms. The molecule has 0 fully saturated rings. The number of rotatable bonds is 4. The van der Waals surface area contributed by atoms with E-state index in [1.807, 2.05) is 42.6 Å². The standard InChI is InChI=1S/C18H19N5.HI/c1-19-18(22-12-15-7-4-5-10-20-15)23-13-17-16-8-3-2-6-14(16)9-11-21-17;/h2-11H,12-13H2,1H3,(H2,19,22,23);1H. The summed E-state index contributed by atoms with van der Waals surface area (Å²) in [5.41, 5.74) is 1.97. The summed E-state index contributed by atoms with van der Waals surface area (Å²) in [5.74, 6) is 0.727. The van der Waals surface area contributed by atoms with E-state index >= 15 is 0 Å². The van der Waals surface area contributed by atoms with E-state index in [-0.39, 0.29) is 24.0 Å². The van der Waals surface area contributed by atoms with Gasteiger partial charge in [-0.15, -0.1) is 24.0 Å². The Bertz CT molecular complexity index is 799. The molecule has 1 aromatic carbocycles. The minimum Gasteiger partial charge on any atom is -0.351 e. The zero-order valence-corrected chi connectivity index (χ0v) is 15.8. The van der Waals surface area contributed by atoms with Crippen molar-refractivity contribution >= 4 is 40.7 Å². The lowest BCUT2D eigenvalue weighted by Crippen LogP contribution is -2.36. The molecule has 0 saturated carbocycles. The molecule has 0 aliphatic carbocycles. The Kier molecular flexibility index (Phi) is 6.92. The molecule has 124 valence electrons. The molecule has 0 aliphatic heterocycles. The van der Waals surface area contributed by atoms with Crippen LogP contribution in [0.3, 0.4) is 0 Å². The van der Waals surface area contributed by atoms with E-state index in [9.17, 15) is 0 Å². The van der Waals surface area contributed by atoms with Gasteiger partial charge < -0.3 is 10.6 Å². The van der Waals surface area contributed by atoms with E-state index in [0.717, 1.165) is 22.7 Å². The van der Waals surface area contributed by atoms with Crippen LogP contribution in [0.1, 0.15) is 11.4 Å². The van der Waals surface area contributed by atoms with Crippen molar-refractivity contribution in [2.45, 2.75) is 13.1 Å². The van der Waals surface area contributed by atoms with E-state index in [4.69, 9.17) is 0 Å². The van der Waals surface area contributed by atoms with Crippen LogP contribution in [0.15, 0.2) is 65.9 Å². The third kappa shape index (κ3) is 4.64. The Hall–Kier alpha value is -2.22. The van der Waals surface area contributed by atoms with Gasteiger partial charge in [-0.05, 0) is 23.6 Å². The molecule has 0 amide bonds. The van der Waals surface area contributed by atoms with Crippen molar-refractivity contribution < 1.29 is 0 Å². The van der Waals surface area contributed by atoms with Crippen molar-refractivity contribution in [1.29, 1.82) is 0 Å². The molecule has 3 rings (SSSR count). The summed E-state index contributed by atoms with van der Waals surface area (Å²) in [6.45, 7) is 1.24. The monoisotopic (exact) mass is 433 g/mol. The molecule has 2 aromatic heterocycles. The summed E-state index contributed by atoms with van der Waals surface area (Å²) >= 11 is 0. The zero-order valence-electron chi connectivity index (χ0n) is 13.4. The van der Waals surface area contributed by atoms with Gasteiger partial charge in [-0.3, -0.25) is 15.0 Å². The Morgan fingerprint density at radius 3 is 2.50 bits per heavy atom. The van der Waals surface area contributed by atoms with Gasteiger partial charge in [0.05, 0.1) is 24.5 Å². The first-order valence-electron chi connectivity index (χ1n) is 7.54. The highest BCUT2D eigenvalue weighted by Gasteiger charge is 2.04. The highest BCUT2D eigenvalue weighted by molar-refractivity contribution is 14.0. The van der Waals surface area contributed by atoms with E-state index in [2.05, 4.69) is 37.7 Å².